The minimum atomic E-state index is -0.367. The molecule has 0 aliphatic heterocycles. The molecule has 0 unspecified atom stereocenters. The Kier molecular flexibility index (Phi) is 7.93. The summed E-state index contributed by atoms with van der Waals surface area (Å²) in [7, 11) is 0. The van der Waals surface area contributed by atoms with Gasteiger partial charge in [0.25, 0.3) is 0 Å². The molecule has 1 radical (unpaired) electrons. The van der Waals surface area contributed by atoms with Crippen molar-refractivity contribution in [3.05, 3.63) is 158 Å². The smallest absolute Gasteiger partial charge is 0.121 e. The molecular weight excluding hydrogens is 752 g/mol. The van der Waals surface area contributed by atoms with Gasteiger partial charge in [-0.05, 0) is 41.4 Å². The van der Waals surface area contributed by atoms with Crippen LogP contribution in [0, 0.1) is 17.9 Å². The van der Waals surface area contributed by atoms with E-state index in [2.05, 4.69) is 22.1 Å². The molecule has 9 aromatic rings. The summed E-state index contributed by atoms with van der Waals surface area (Å²) in [4.78, 5) is 13.9. The van der Waals surface area contributed by atoms with Crippen molar-refractivity contribution in [2.24, 2.45) is 0 Å². The fraction of sp³-hybridized carbons (Fsp3) is 0. The molecule has 4 aromatic heterocycles. The third-order valence-electron chi connectivity index (χ3n) is 7.69. The van der Waals surface area contributed by atoms with Crippen molar-refractivity contribution >= 4 is 43.9 Å². The van der Waals surface area contributed by atoms with Crippen LogP contribution in [0.25, 0.3) is 72.2 Å². The van der Waals surface area contributed by atoms with Gasteiger partial charge in [0.15, 0.2) is 0 Å². The van der Waals surface area contributed by atoms with E-state index in [1.165, 1.54) is 6.07 Å². The molecule has 0 aliphatic carbocycles. The largest absolute Gasteiger partial charge is 0.500 e. The molecule has 7 heteroatoms. The summed E-state index contributed by atoms with van der Waals surface area (Å²) in [5.41, 5.74) is 7.14. The average Bonchev–Trinajstić information content (AvgIpc) is 3.70. The van der Waals surface area contributed by atoms with Gasteiger partial charge in [0, 0.05) is 48.6 Å². The number of pyridine rings is 2. The minimum Gasteiger partial charge on any atom is -0.500 e. The summed E-state index contributed by atoms with van der Waals surface area (Å²) in [6.45, 7) is 0. The van der Waals surface area contributed by atoms with E-state index in [9.17, 15) is 4.39 Å². The SMILES string of the molecule is Fc1c[c-]c(-c2nc3c4ccccc4ncc3n2-c2ccccc2)c2oc3ccccc3c12.[Ir].[c-]1ccccc1-c1ccccn1. The fourth-order valence-corrected chi connectivity index (χ4v) is 5.65. The zero-order chi connectivity index (χ0) is 30.2. The molecule has 9 rings (SSSR count). The van der Waals surface area contributed by atoms with Crippen molar-refractivity contribution in [3.63, 3.8) is 0 Å². The maximum Gasteiger partial charge on any atom is 0.121 e. The maximum absolute atomic E-state index is 15.0. The van der Waals surface area contributed by atoms with E-state index in [0.29, 0.717) is 27.9 Å². The zero-order valence-corrected chi connectivity index (χ0v) is 26.6. The van der Waals surface area contributed by atoms with Crippen LogP contribution < -0.4 is 0 Å². The second-order valence-electron chi connectivity index (χ2n) is 10.4. The first-order valence-electron chi connectivity index (χ1n) is 14.5. The third-order valence-corrected chi connectivity index (χ3v) is 7.69. The Balaban J connectivity index is 0.000000220. The fourth-order valence-electron chi connectivity index (χ4n) is 5.65. The monoisotopic (exact) mass is 775 g/mol. The molecular formula is C39H23FIrN4O-2. The number of furan rings is 1. The summed E-state index contributed by atoms with van der Waals surface area (Å²) >= 11 is 0. The van der Waals surface area contributed by atoms with Gasteiger partial charge in [-0.2, -0.15) is 0 Å². The van der Waals surface area contributed by atoms with Crippen molar-refractivity contribution in [3.8, 4) is 28.3 Å². The molecule has 0 fully saturated rings. The van der Waals surface area contributed by atoms with E-state index in [-0.39, 0.29) is 25.9 Å². The first kappa shape index (κ1) is 29.2. The molecule has 0 N–H and O–H groups in total. The number of fused-ring (bicyclic) bond motifs is 6. The van der Waals surface area contributed by atoms with Gasteiger partial charge in [-0.1, -0.05) is 72.3 Å². The predicted molar refractivity (Wildman–Crippen MR) is 176 cm³/mol. The molecule has 0 bridgehead atoms. The molecule has 0 aliphatic rings. The van der Waals surface area contributed by atoms with Crippen LogP contribution in [0.2, 0.25) is 0 Å². The van der Waals surface area contributed by atoms with Gasteiger partial charge >= 0.3 is 0 Å². The number of benzene rings is 5. The Labute approximate surface area is 277 Å². The Hall–Kier alpha value is -5.49. The summed E-state index contributed by atoms with van der Waals surface area (Å²) < 4.78 is 23.1. The number of hydrogen-bond donors (Lipinski definition) is 0. The Bertz CT molecular complexity index is 2410. The topological polar surface area (TPSA) is 56.7 Å². The standard InChI is InChI=1S/C28H15FN3O.C11H8N.Ir/c29-21-15-14-20(27-25(21)19-11-5-7-13-24(19)33-27)28-31-26-18-10-4-6-12-22(18)30-16-23(26)32(28)17-8-2-1-3-9-17;1-2-6-10(7-3-1)11-8-4-5-9-12-11;/h1-13,15-16H;1-6,8-9H;/q2*-1;. The first-order valence-corrected chi connectivity index (χ1v) is 14.5. The molecule has 0 saturated heterocycles. The minimum absolute atomic E-state index is 0. The molecule has 0 amide bonds. The van der Waals surface area contributed by atoms with E-state index in [1.54, 1.807) is 6.20 Å². The summed E-state index contributed by atoms with van der Waals surface area (Å²) in [5.74, 6) is 0.256. The van der Waals surface area contributed by atoms with Crippen LogP contribution in [-0.2, 0) is 20.1 Å². The predicted octanol–water partition coefficient (Wildman–Crippen LogP) is 9.63. The van der Waals surface area contributed by atoms with E-state index in [1.807, 2.05) is 132 Å². The number of aromatic nitrogens is 4. The average molecular weight is 775 g/mol. The summed E-state index contributed by atoms with van der Waals surface area (Å²) in [5, 5.41) is 2.12. The zero-order valence-electron chi connectivity index (χ0n) is 24.2. The molecule has 0 saturated carbocycles. The summed E-state index contributed by atoms with van der Waals surface area (Å²) in [6.07, 6.45) is 3.62. The van der Waals surface area contributed by atoms with Gasteiger partial charge in [-0.15, -0.1) is 48.0 Å². The van der Waals surface area contributed by atoms with Crippen molar-refractivity contribution in [2.75, 3.05) is 0 Å². The van der Waals surface area contributed by atoms with Gasteiger partial charge in [0.2, 0.25) is 0 Å². The quantitative estimate of drug-likeness (QED) is 0.168. The van der Waals surface area contributed by atoms with Crippen LogP contribution in [0.3, 0.4) is 0 Å². The van der Waals surface area contributed by atoms with E-state index >= 15 is 0 Å². The molecule has 0 atom stereocenters. The molecule has 0 spiro atoms. The van der Waals surface area contributed by atoms with Crippen LogP contribution in [0.5, 0.6) is 0 Å². The van der Waals surface area contributed by atoms with E-state index < -0.39 is 0 Å². The van der Waals surface area contributed by atoms with Gasteiger partial charge in [0.1, 0.15) is 5.58 Å². The van der Waals surface area contributed by atoms with E-state index in [0.717, 1.165) is 44.3 Å². The molecule has 4 heterocycles. The second kappa shape index (κ2) is 12.5. The molecule has 46 heavy (non-hydrogen) atoms. The maximum atomic E-state index is 15.0. The van der Waals surface area contributed by atoms with Gasteiger partial charge in [-0.3, -0.25) is 14.4 Å². The van der Waals surface area contributed by atoms with Gasteiger partial charge < -0.3 is 14.0 Å². The van der Waals surface area contributed by atoms with Crippen molar-refractivity contribution in [1.29, 1.82) is 0 Å². The molecule has 223 valence electrons. The summed E-state index contributed by atoms with van der Waals surface area (Å²) in [6, 6.07) is 46.6. The number of imidazole rings is 1. The Morgan fingerprint density at radius 3 is 2.28 bits per heavy atom. The van der Waals surface area contributed by atoms with Gasteiger partial charge in [-0.25, -0.2) is 0 Å². The number of hydrogen-bond acceptors (Lipinski definition) is 4. The van der Waals surface area contributed by atoms with Crippen LogP contribution in [0.4, 0.5) is 4.39 Å². The first-order chi connectivity index (χ1) is 22.3. The Morgan fingerprint density at radius 2 is 1.48 bits per heavy atom. The molecule has 5 nitrogen and oxygen atoms in total. The van der Waals surface area contributed by atoms with Crippen LogP contribution >= 0.6 is 0 Å². The van der Waals surface area contributed by atoms with Crippen LogP contribution in [-0.4, -0.2) is 19.5 Å². The number of nitrogens with zero attached hydrogens (tertiary/aromatic N) is 4. The van der Waals surface area contributed by atoms with Crippen molar-refractivity contribution < 1.29 is 28.9 Å². The van der Waals surface area contributed by atoms with Gasteiger partial charge in [0.05, 0.1) is 34.2 Å². The Morgan fingerprint density at radius 1 is 0.717 bits per heavy atom. The number of halogens is 1. The number of para-hydroxylation sites is 3. The molecule has 5 aromatic carbocycles. The van der Waals surface area contributed by atoms with Crippen LogP contribution in [0.1, 0.15) is 0 Å². The van der Waals surface area contributed by atoms with Crippen LogP contribution in [0.15, 0.2) is 144 Å². The second-order valence-corrected chi connectivity index (χ2v) is 10.4. The van der Waals surface area contributed by atoms with Crippen molar-refractivity contribution in [2.45, 2.75) is 0 Å². The normalized spacial score (nSPS) is 11.0. The van der Waals surface area contributed by atoms with E-state index in [4.69, 9.17) is 9.40 Å². The van der Waals surface area contributed by atoms with Crippen molar-refractivity contribution in [1.82, 2.24) is 19.5 Å². The number of rotatable bonds is 3. The third kappa shape index (κ3) is 5.16.